The highest BCUT2D eigenvalue weighted by Crippen LogP contribution is 2.38. The van der Waals surface area contributed by atoms with E-state index in [1.165, 1.54) is 35.1 Å². The minimum atomic E-state index is -0.899. The molecule has 8 nitrogen and oxygen atoms in total. The largest absolute Gasteiger partial charge is 0.493 e. The van der Waals surface area contributed by atoms with Gasteiger partial charge in [0.25, 0.3) is 5.56 Å². The SMILES string of the molecule is CCOC(=O)C1=C(c2ccccc2)N=c2s/c(=C\c3cc(Br)cc(I)c3OCc3ccc(F)cc3)c(=O)n2[C@@H]1c1ccc(OC)c(OC)c1. The van der Waals surface area contributed by atoms with E-state index >= 15 is 0 Å². The van der Waals surface area contributed by atoms with Gasteiger partial charge in [0.2, 0.25) is 0 Å². The van der Waals surface area contributed by atoms with Crippen LogP contribution in [0.1, 0.15) is 35.2 Å². The van der Waals surface area contributed by atoms with Crippen molar-refractivity contribution in [3.05, 3.63) is 146 Å². The van der Waals surface area contributed by atoms with Crippen LogP contribution in [-0.4, -0.2) is 31.4 Å². The Morgan fingerprint density at radius 2 is 1.76 bits per heavy atom. The molecule has 1 aliphatic heterocycles. The van der Waals surface area contributed by atoms with Crippen LogP contribution in [0.4, 0.5) is 4.39 Å². The molecule has 0 bridgehead atoms. The van der Waals surface area contributed by atoms with Gasteiger partial charge >= 0.3 is 5.97 Å². The summed E-state index contributed by atoms with van der Waals surface area (Å²) in [6.07, 6.45) is 1.76. The summed E-state index contributed by atoms with van der Waals surface area (Å²) in [7, 11) is 3.07. The van der Waals surface area contributed by atoms with Gasteiger partial charge in [0.15, 0.2) is 16.3 Å². The first-order valence-corrected chi connectivity index (χ1v) is 17.8. The molecule has 12 heteroatoms. The second-order valence-electron chi connectivity index (χ2n) is 10.8. The lowest BCUT2D eigenvalue weighted by molar-refractivity contribution is -0.138. The third-order valence-electron chi connectivity index (χ3n) is 7.72. The maximum atomic E-state index is 14.5. The molecule has 0 spiro atoms. The third-order valence-corrected chi connectivity index (χ3v) is 9.96. The Bertz CT molecular complexity index is 2250. The van der Waals surface area contributed by atoms with Crippen LogP contribution in [-0.2, 0) is 16.1 Å². The molecular formula is C37H29BrFIN2O6S. The average Bonchev–Trinajstić information content (AvgIpc) is 3.41. The predicted octanol–water partition coefficient (Wildman–Crippen LogP) is 7.04. The number of carbonyl (C=O) groups excluding carboxylic acids is 1. The first-order chi connectivity index (χ1) is 23.7. The Morgan fingerprint density at radius 1 is 1.02 bits per heavy atom. The van der Waals surface area contributed by atoms with Gasteiger partial charge in [0.05, 0.1) is 46.2 Å². The minimum absolute atomic E-state index is 0.135. The fourth-order valence-electron chi connectivity index (χ4n) is 5.50. The smallest absolute Gasteiger partial charge is 0.338 e. The molecule has 0 fully saturated rings. The molecule has 0 N–H and O–H groups in total. The quantitative estimate of drug-likeness (QED) is 0.111. The minimum Gasteiger partial charge on any atom is -0.493 e. The van der Waals surface area contributed by atoms with Crippen molar-refractivity contribution in [3.8, 4) is 17.2 Å². The number of benzene rings is 4. The van der Waals surface area contributed by atoms with Gasteiger partial charge in [-0.3, -0.25) is 9.36 Å². The van der Waals surface area contributed by atoms with E-state index in [4.69, 9.17) is 23.9 Å². The van der Waals surface area contributed by atoms with Crippen molar-refractivity contribution in [1.29, 1.82) is 0 Å². The van der Waals surface area contributed by atoms with Gasteiger partial charge in [0, 0.05) is 15.6 Å². The van der Waals surface area contributed by atoms with Crippen molar-refractivity contribution in [2.24, 2.45) is 4.99 Å². The molecule has 0 aliphatic carbocycles. The second kappa shape index (κ2) is 15.1. The molecule has 6 rings (SSSR count). The fourth-order valence-corrected chi connectivity index (χ4v) is 8.19. The zero-order valence-electron chi connectivity index (χ0n) is 26.5. The highest BCUT2D eigenvalue weighted by Gasteiger charge is 2.35. The monoisotopic (exact) mass is 854 g/mol. The van der Waals surface area contributed by atoms with Gasteiger partial charge in [-0.1, -0.05) is 75.8 Å². The molecule has 0 saturated heterocycles. The highest BCUT2D eigenvalue weighted by molar-refractivity contribution is 14.1. The molecule has 1 atom stereocenters. The van der Waals surface area contributed by atoms with Crippen LogP contribution in [0.15, 0.2) is 105 Å². The summed E-state index contributed by atoms with van der Waals surface area (Å²) in [4.78, 5) is 33.7. The fraction of sp³-hybridized carbons (Fsp3) is 0.162. The van der Waals surface area contributed by atoms with Crippen molar-refractivity contribution in [1.82, 2.24) is 4.57 Å². The van der Waals surface area contributed by atoms with Gasteiger partial charge in [-0.2, -0.15) is 0 Å². The van der Waals surface area contributed by atoms with Crippen LogP contribution in [0.3, 0.4) is 0 Å². The zero-order valence-corrected chi connectivity index (χ0v) is 31.1. The van der Waals surface area contributed by atoms with Crippen LogP contribution in [0.5, 0.6) is 17.2 Å². The Labute approximate surface area is 307 Å². The molecule has 0 unspecified atom stereocenters. The van der Waals surface area contributed by atoms with Gasteiger partial charge in [-0.05, 0) is 83.1 Å². The van der Waals surface area contributed by atoms with Gasteiger partial charge < -0.3 is 18.9 Å². The van der Waals surface area contributed by atoms with E-state index < -0.39 is 12.0 Å². The van der Waals surface area contributed by atoms with Crippen LogP contribution < -0.4 is 29.1 Å². The number of fused-ring (bicyclic) bond motifs is 1. The lowest BCUT2D eigenvalue weighted by Gasteiger charge is -2.26. The Morgan fingerprint density at radius 3 is 2.45 bits per heavy atom. The molecule has 4 aromatic carbocycles. The number of thiazole rings is 1. The zero-order chi connectivity index (χ0) is 34.7. The predicted molar refractivity (Wildman–Crippen MR) is 198 cm³/mol. The van der Waals surface area contributed by atoms with E-state index in [0.717, 1.165) is 13.6 Å². The highest BCUT2D eigenvalue weighted by atomic mass is 127. The Kier molecular flexibility index (Phi) is 10.7. The van der Waals surface area contributed by atoms with Gasteiger partial charge in [-0.25, -0.2) is 14.2 Å². The molecule has 0 radical (unpaired) electrons. The second-order valence-corrected chi connectivity index (χ2v) is 13.9. The van der Waals surface area contributed by atoms with Gasteiger partial charge in [-0.15, -0.1) is 0 Å². The number of methoxy groups -OCH3 is 2. The molecule has 1 aromatic heterocycles. The average molecular weight is 856 g/mol. The molecular weight excluding hydrogens is 826 g/mol. The molecule has 1 aliphatic rings. The molecule has 5 aromatic rings. The maximum Gasteiger partial charge on any atom is 0.338 e. The molecule has 0 saturated carbocycles. The van der Waals surface area contributed by atoms with E-state index in [1.807, 2.05) is 42.5 Å². The maximum absolute atomic E-state index is 14.5. The van der Waals surface area contributed by atoms with Crippen LogP contribution in [0.25, 0.3) is 11.8 Å². The normalized spacial score (nSPS) is 14.2. The molecule has 49 heavy (non-hydrogen) atoms. The lowest BCUT2D eigenvalue weighted by atomic mass is 9.93. The van der Waals surface area contributed by atoms with Crippen molar-refractivity contribution >= 4 is 67.6 Å². The number of esters is 1. The van der Waals surface area contributed by atoms with Crippen molar-refractivity contribution in [2.45, 2.75) is 19.6 Å². The van der Waals surface area contributed by atoms with Crippen LogP contribution in [0, 0.1) is 9.39 Å². The number of halogens is 3. The lowest BCUT2D eigenvalue weighted by Crippen LogP contribution is -2.40. The van der Waals surface area contributed by atoms with Crippen LogP contribution in [0.2, 0.25) is 0 Å². The van der Waals surface area contributed by atoms with E-state index in [9.17, 15) is 14.0 Å². The number of hydrogen-bond acceptors (Lipinski definition) is 8. The number of rotatable bonds is 10. The summed E-state index contributed by atoms with van der Waals surface area (Å²) in [5.74, 6) is 0.590. The summed E-state index contributed by atoms with van der Waals surface area (Å²) < 4.78 is 39.9. The summed E-state index contributed by atoms with van der Waals surface area (Å²) in [6, 6.07) is 23.6. The standard InChI is InChI=1S/C37H29BrFIN2O6S/c1-4-47-36(44)31-32(22-8-6-5-7-9-22)41-37-42(33(31)23-12-15-28(45-2)29(17-23)46-3)35(43)30(49-37)18-24-16-25(38)19-27(40)34(24)48-20-21-10-13-26(39)14-11-21/h5-19,33H,4,20H2,1-3H3/b30-18-/t33-/m1/s1. The first-order valence-electron chi connectivity index (χ1n) is 15.1. The van der Waals surface area contributed by atoms with Crippen molar-refractivity contribution in [3.63, 3.8) is 0 Å². The summed E-state index contributed by atoms with van der Waals surface area (Å²) in [6.45, 7) is 2.06. The summed E-state index contributed by atoms with van der Waals surface area (Å²) in [5.41, 5.74) is 3.04. The summed E-state index contributed by atoms with van der Waals surface area (Å²) >= 11 is 6.97. The Hall–Kier alpha value is -4.27. The van der Waals surface area contributed by atoms with E-state index in [0.29, 0.717) is 49.0 Å². The van der Waals surface area contributed by atoms with Crippen molar-refractivity contribution in [2.75, 3.05) is 20.8 Å². The molecule has 2 heterocycles. The number of aromatic nitrogens is 1. The first kappa shape index (κ1) is 34.6. The van der Waals surface area contributed by atoms with E-state index in [-0.39, 0.29) is 30.2 Å². The number of hydrogen-bond donors (Lipinski definition) is 0. The topological polar surface area (TPSA) is 88.4 Å². The van der Waals surface area contributed by atoms with Gasteiger partial charge in [0.1, 0.15) is 18.2 Å². The molecule has 0 amide bonds. The van der Waals surface area contributed by atoms with E-state index in [2.05, 4.69) is 38.5 Å². The molecule has 250 valence electrons. The van der Waals surface area contributed by atoms with Crippen LogP contribution >= 0.6 is 49.9 Å². The number of carbonyl (C=O) groups is 1. The Balaban J connectivity index is 1.58. The van der Waals surface area contributed by atoms with Crippen molar-refractivity contribution < 1.29 is 28.1 Å². The number of ether oxygens (including phenoxy) is 4. The third kappa shape index (κ3) is 7.22. The number of nitrogens with zero attached hydrogens (tertiary/aromatic N) is 2. The summed E-state index contributed by atoms with van der Waals surface area (Å²) in [5, 5.41) is 0. The van der Waals surface area contributed by atoms with E-state index in [1.54, 1.807) is 50.4 Å².